The van der Waals surface area contributed by atoms with E-state index >= 15 is 0 Å². The average Bonchev–Trinajstić information content (AvgIpc) is 2.27. The molecule has 0 bridgehead atoms. The Balaban J connectivity index is 2.76. The van der Waals surface area contributed by atoms with Crippen molar-refractivity contribution in [1.29, 1.82) is 0 Å². The molecule has 0 aliphatic heterocycles. The predicted molar refractivity (Wildman–Crippen MR) is 53.3 cm³/mol. The van der Waals surface area contributed by atoms with Gasteiger partial charge in [0.05, 0.1) is 6.61 Å². The summed E-state index contributed by atoms with van der Waals surface area (Å²) in [4.78, 5) is 20.8. The maximum Gasteiger partial charge on any atom is 0.216 e. The summed E-state index contributed by atoms with van der Waals surface area (Å²) in [5.74, 6) is 0. The van der Waals surface area contributed by atoms with Crippen LogP contribution in [0.1, 0.15) is 0 Å². The zero-order valence-electron chi connectivity index (χ0n) is 7.37. The second kappa shape index (κ2) is 5.17. The van der Waals surface area contributed by atoms with Crippen LogP contribution in [0.5, 0.6) is 0 Å². The number of rotatable bonds is 4. The summed E-state index contributed by atoms with van der Waals surface area (Å²) in [7, 11) is -2.03. The molecule has 0 fully saturated rings. The van der Waals surface area contributed by atoms with Gasteiger partial charge in [-0.25, -0.2) is 0 Å². The molecule has 1 rings (SSSR count). The van der Waals surface area contributed by atoms with Crippen molar-refractivity contribution in [3.8, 4) is 0 Å². The smallest absolute Gasteiger partial charge is 0.216 e. The van der Waals surface area contributed by atoms with E-state index in [1.807, 2.05) is 0 Å². The standard InChI is InChI=1S/C9H11O4P/c10-6-8(11)9(12)14(13)7-4-2-1-3-5-7/h1-5,8,10-11,13H,6H2/t8-,14?/m0/s1. The van der Waals surface area contributed by atoms with E-state index in [9.17, 15) is 9.69 Å². The number of carbonyl (C=O) groups excluding carboxylic acids is 1. The molecule has 0 saturated heterocycles. The summed E-state index contributed by atoms with van der Waals surface area (Å²) >= 11 is 0. The Morgan fingerprint density at radius 1 is 1.36 bits per heavy atom. The van der Waals surface area contributed by atoms with Crippen molar-refractivity contribution in [3.05, 3.63) is 30.3 Å². The third kappa shape index (κ3) is 2.59. The van der Waals surface area contributed by atoms with E-state index in [1.165, 1.54) is 0 Å². The van der Waals surface area contributed by atoms with Gasteiger partial charge in [0.1, 0.15) is 14.3 Å². The maximum absolute atomic E-state index is 11.2. The minimum Gasteiger partial charge on any atom is -0.393 e. The molecule has 0 radical (unpaired) electrons. The normalized spacial score (nSPS) is 14.8. The van der Waals surface area contributed by atoms with E-state index in [2.05, 4.69) is 0 Å². The van der Waals surface area contributed by atoms with Gasteiger partial charge in [-0.05, 0) is 0 Å². The van der Waals surface area contributed by atoms with Crippen LogP contribution in [0.25, 0.3) is 0 Å². The van der Waals surface area contributed by atoms with Gasteiger partial charge < -0.3 is 15.1 Å². The van der Waals surface area contributed by atoms with Crippen molar-refractivity contribution in [2.45, 2.75) is 6.10 Å². The minimum atomic E-state index is -2.03. The number of carbonyl (C=O) groups is 1. The van der Waals surface area contributed by atoms with Gasteiger partial charge in [0.15, 0.2) is 0 Å². The van der Waals surface area contributed by atoms with Crippen molar-refractivity contribution in [1.82, 2.24) is 0 Å². The molecule has 76 valence electrons. The molecule has 2 atom stereocenters. The molecular formula is C9H11O4P. The molecule has 1 aromatic rings. The number of benzene rings is 1. The first-order valence-electron chi connectivity index (χ1n) is 4.03. The molecule has 14 heavy (non-hydrogen) atoms. The zero-order valence-corrected chi connectivity index (χ0v) is 8.26. The van der Waals surface area contributed by atoms with E-state index < -0.39 is 26.4 Å². The van der Waals surface area contributed by atoms with E-state index in [0.717, 1.165) is 0 Å². The molecular weight excluding hydrogens is 203 g/mol. The van der Waals surface area contributed by atoms with Crippen LogP contribution in [0.15, 0.2) is 30.3 Å². The Morgan fingerprint density at radius 2 is 1.93 bits per heavy atom. The Kier molecular flexibility index (Phi) is 4.17. The first-order valence-corrected chi connectivity index (χ1v) is 5.33. The van der Waals surface area contributed by atoms with Gasteiger partial charge in [-0.2, -0.15) is 0 Å². The van der Waals surface area contributed by atoms with Crippen molar-refractivity contribution in [3.63, 3.8) is 0 Å². The lowest BCUT2D eigenvalue weighted by Gasteiger charge is -2.11. The quantitative estimate of drug-likeness (QED) is 0.595. The summed E-state index contributed by atoms with van der Waals surface area (Å²) in [6.07, 6.45) is -1.49. The van der Waals surface area contributed by atoms with E-state index in [4.69, 9.17) is 10.2 Å². The van der Waals surface area contributed by atoms with Crippen molar-refractivity contribution >= 4 is 19.0 Å². The average molecular weight is 214 g/mol. The summed E-state index contributed by atoms with van der Waals surface area (Å²) in [5.41, 5.74) is -0.728. The lowest BCUT2D eigenvalue weighted by molar-refractivity contribution is -0.121. The molecule has 0 spiro atoms. The summed E-state index contributed by atoms with van der Waals surface area (Å²) in [6, 6.07) is 8.36. The van der Waals surface area contributed by atoms with E-state index in [-0.39, 0.29) is 0 Å². The van der Waals surface area contributed by atoms with E-state index in [0.29, 0.717) is 5.30 Å². The molecule has 1 aromatic carbocycles. The van der Waals surface area contributed by atoms with Gasteiger partial charge in [0.2, 0.25) is 5.52 Å². The van der Waals surface area contributed by atoms with Crippen LogP contribution in [0.3, 0.4) is 0 Å². The van der Waals surface area contributed by atoms with Gasteiger partial charge in [-0.15, -0.1) is 0 Å². The molecule has 0 amide bonds. The summed E-state index contributed by atoms with van der Waals surface area (Å²) in [5, 5.41) is 18.0. The van der Waals surface area contributed by atoms with Crippen LogP contribution in [0.2, 0.25) is 0 Å². The molecule has 0 aromatic heterocycles. The SMILES string of the molecule is O=C([C@@H](O)CO)P(O)c1ccccc1. The number of aliphatic hydroxyl groups is 2. The lowest BCUT2D eigenvalue weighted by atomic mass is 10.4. The Bertz CT molecular complexity index is 301. The van der Waals surface area contributed by atoms with Gasteiger partial charge in [0.25, 0.3) is 0 Å². The Morgan fingerprint density at radius 3 is 2.43 bits per heavy atom. The second-order valence-electron chi connectivity index (χ2n) is 2.68. The van der Waals surface area contributed by atoms with Gasteiger partial charge in [0, 0.05) is 5.30 Å². The van der Waals surface area contributed by atoms with Gasteiger partial charge in [-0.3, -0.25) is 4.79 Å². The maximum atomic E-state index is 11.2. The van der Waals surface area contributed by atoms with Crippen molar-refractivity contribution in [2.24, 2.45) is 0 Å². The molecule has 5 heteroatoms. The van der Waals surface area contributed by atoms with Gasteiger partial charge >= 0.3 is 0 Å². The molecule has 0 aliphatic rings. The van der Waals surface area contributed by atoms with Gasteiger partial charge in [-0.1, -0.05) is 30.3 Å². The molecule has 4 nitrogen and oxygen atoms in total. The third-order valence-corrected chi connectivity index (χ3v) is 3.17. The fourth-order valence-corrected chi connectivity index (χ4v) is 1.99. The highest BCUT2D eigenvalue weighted by Gasteiger charge is 2.24. The zero-order chi connectivity index (χ0) is 10.6. The minimum absolute atomic E-state index is 0.472. The number of hydrogen-bond acceptors (Lipinski definition) is 4. The van der Waals surface area contributed by atoms with Crippen LogP contribution in [0, 0.1) is 0 Å². The van der Waals surface area contributed by atoms with Crippen LogP contribution in [0.4, 0.5) is 0 Å². The molecule has 0 saturated carbocycles. The number of aliphatic hydroxyl groups excluding tert-OH is 2. The highest BCUT2D eigenvalue weighted by atomic mass is 31.1. The van der Waals surface area contributed by atoms with Crippen LogP contribution < -0.4 is 5.30 Å². The second-order valence-corrected chi connectivity index (χ2v) is 4.26. The summed E-state index contributed by atoms with van der Waals surface area (Å²) < 4.78 is 0. The Labute approximate surface area is 82.7 Å². The first-order chi connectivity index (χ1) is 6.66. The van der Waals surface area contributed by atoms with Crippen LogP contribution >= 0.6 is 8.15 Å². The summed E-state index contributed by atoms with van der Waals surface area (Å²) in [6.45, 7) is -0.662. The van der Waals surface area contributed by atoms with Crippen LogP contribution in [-0.4, -0.2) is 33.3 Å². The predicted octanol–water partition coefficient (Wildman–Crippen LogP) is -0.419. The van der Waals surface area contributed by atoms with Crippen molar-refractivity contribution < 1.29 is 19.9 Å². The Hall–Kier alpha value is -0.800. The third-order valence-electron chi connectivity index (χ3n) is 1.67. The lowest BCUT2D eigenvalue weighted by Crippen LogP contribution is -2.25. The highest BCUT2D eigenvalue weighted by Crippen LogP contribution is 2.30. The van der Waals surface area contributed by atoms with Crippen molar-refractivity contribution in [2.75, 3.05) is 6.61 Å². The van der Waals surface area contributed by atoms with Crippen LogP contribution in [-0.2, 0) is 4.79 Å². The fourth-order valence-electron chi connectivity index (χ4n) is 0.916. The topological polar surface area (TPSA) is 77.8 Å². The fraction of sp³-hybridized carbons (Fsp3) is 0.222. The van der Waals surface area contributed by atoms with E-state index in [1.54, 1.807) is 30.3 Å². The monoisotopic (exact) mass is 214 g/mol. The first kappa shape index (κ1) is 11.3. The molecule has 3 N–H and O–H groups in total. The molecule has 0 heterocycles. The molecule has 1 unspecified atom stereocenters. The molecule has 0 aliphatic carbocycles. The highest BCUT2D eigenvalue weighted by molar-refractivity contribution is 7.76. The number of hydrogen-bond donors (Lipinski definition) is 3. The largest absolute Gasteiger partial charge is 0.393 e.